The van der Waals surface area contributed by atoms with Gasteiger partial charge in [-0.25, -0.2) is 4.99 Å². The number of benzene rings is 2. The van der Waals surface area contributed by atoms with Gasteiger partial charge in [0.05, 0.1) is 24.6 Å². The van der Waals surface area contributed by atoms with Crippen molar-refractivity contribution in [2.24, 2.45) is 4.99 Å². The van der Waals surface area contributed by atoms with Gasteiger partial charge in [-0.1, -0.05) is 41.4 Å². The number of nitrogens with zero attached hydrogens (tertiary/aromatic N) is 3. The van der Waals surface area contributed by atoms with E-state index < -0.39 is 0 Å². The molecule has 1 fully saturated rings. The van der Waals surface area contributed by atoms with E-state index in [0.717, 1.165) is 60.5 Å². The van der Waals surface area contributed by atoms with Crippen molar-refractivity contribution < 1.29 is 4.74 Å². The third kappa shape index (κ3) is 5.62. The summed E-state index contributed by atoms with van der Waals surface area (Å²) in [4.78, 5) is 8.50. The lowest BCUT2D eigenvalue weighted by molar-refractivity contribution is 0.0363. The van der Waals surface area contributed by atoms with E-state index in [9.17, 15) is 0 Å². The van der Waals surface area contributed by atoms with Gasteiger partial charge in [-0.05, 0) is 43.2 Å². The van der Waals surface area contributed by atoms with Crippen LogP contribution < -0.4 is 4.80 Å². The minimum absolute atomic E-state index is 0. The molecule has 0 bridgehead atoms. The highest BCUT2D eigenvalue weighted by Crippen LogP contribution is 2.24. The molecule has 1 saturated heterocycles. The standard InChI is InChI=1S/C23H26ClN3OS.BrH/c1-17-3-8-21(18(2)15-17)25-23-27(10-9-26-11-13-28-14-12-26)22(16-29-23)19-4-6-20(24)7-5-19;/h3-8,15-16H,9-14H2,1-2H3;1H. The van der Waals surface area contributed by atoms with Crippen LogP contribution in [0.25, 0.3) is 11.3 Å². The van der Waals surface area contributed by atoms with Gasteiger partial charge < -0.3 is 9.30 Å². The van der Waals surface area contributed by atoms with Gasteiger partial charge in [0.2, 0.25) is 0 Å². The highest BCUT2D eigenvalue weighted by atomic mass is 79.9. The number of morpholine rings is 1. The first-order valence-corrected chi connectivity index (χ1v) is 11.2. The van der Waals surface area contributed by atoms with E-state index in [2.05, 4.69) is 59.0 Å². The molecule has 4 rings (SSSR count). The second-order valence-electron chi connectivity index (χ2n) is 7.42. The van der Waals surface area contributed by atoms with Gasteiger partial charge in [0.25, 0.3) is 0 Å². The quantitative estimate of drug-likeness (QED) is 0.447. The fraction of sp³-hybridized carbons (Fsp3) is 0.348. The third-order valence-corrected chi connectivity index (χ3v) is 6.37. The summed E-state index contributed by atoms with van der Waals surface area (Å²) in [7, 11) is 0. The van der Waals surface area contributed by atoms with E-state index >= 15 is 0 Å². The summed E-state index contributed by atoms with van der Waals surface area (Å²) in [5.74, 6) is 0. The van der Waals surface area contributed by atoms with E-state index in [0.29, 0.717) is 0 Å². The molecule has 0 amide bonds. The van der Waals surface area contributed by atoms with Gasteiger partial charge in [0, 0.05) is 36.6 Å². The van der Waals surface area contributed by atoms with Crippen molar-refractivity contribution in [2.75, 3.05) is 32.8 Å². The predicted octanol–water partition coefficient (Wildman–Crippen LogP) is 5.63. The minimum Gasteiger partial charge on any atom is -0.379 e. The van der Waals surface area contributed by atoms with Crippen LogP contribution in [0.4, 0.5) is 5.69 Å². The van der Waals surface area contributed by atoms with Crippen molar-refractivity contribution in [3.63, 3.8) is 0 Å². The average Bonchev–Trinajstić information content (AvgIpc) is 3.12. The maximum Gasteiger partial charge on any atom is 0.190 e. The number of rotatable bonds is 5. The SMILES string of the molecule is Br.Cc1ccc(N=c2scc(-c3ccc(Cl)cc3)n2CCN2CCOCC2)c(C)c1. The molecule has 0 atom stereocenters. The van der Waals surface area contributed by atoms with E-state index in [1.807, 2.05) is 12.1 Å². The normalized spacial score (nSPS) is 15.2. The Labute approximate surface area is 197 Å². The van der Waals surface area contributed by atoms with Crippen LogP contribution >= 0.6 is 39.9 Å². The molecule has 3 aromatic rings. The van der Waals surface area contributed by atoms with Crippen LogP contribution in [0.2, 0.25) is 5.02 Å². The third-order valence-electron chi connectivity index (χ3n) is 5.25. The fourth-order valence-corrected chi connectivity index (χ4v) is 4.66. The monoisotopic (exact) mass is 507 g/mol. The van der Waals surface area contributed by atoms with E-state index in [4.69, 9.17) is 21.3 Å². The fourth-order valence-electron chi connectivity index (χ4n) is 3.59. The molecule has 0 radical (unpaired) electrons. The molecule has 30 heavy (non-hydrogen) atoms. The zero-order valence-corrected chi connectivity index (χ0v) is 20.6. The Balaban J connectivity index is 0.00000256. The summed E-state index contributed by atoms with van der Waals surface area (Å²) in [6.45, 7) is 9.73. The number of hydrogen-bond donors (Lipinski definition) is 0. The molecule has 0 unspecified atom stereocenters. The van der Waals surface area contributed by atoms with Gasteiger partial charge in [-0.2, -0.15) is 0 Å². The Hall–Kier alpha value is -1.44. The smallest absolute Gasteiger partial charge is 0.190 e. The van der Waals surface area contributed by atoms with Crippen molar-refractivity contribution in [1.29, 1.82) is 0 Å². The number of aryl methyl sites for hydroxylation is 2. The van der Waals surface area contributed by atoms with Gasteiger partial charge in [-0.3, -0.25) is 4.90 Å². The lowest BCUT2D eigenvalue weighted by Gasteiger charge is -2.26. The molecule has 1 aliphatic rings. The first kappa shape index (κ1) is 23.2. The second-order valence-corrected chi connectivity index (χ2v) is 8.69. The van der Waals surface area contributed by atoms with Gasteiger partial charge in [0.15, 0.2) is 4.80 Å². The highest BCUT2D eigenvalue weighted by molar-refractivity contribution is 8.93. The zero-order chi connectivity index (χ0) is 20.2. The zero-order valence-electron chi connectivity index (χ0n) is 17.3. The van der Waals surface area contributed by atoms with Crippen molar-refractivity contribution in [1.82, 2.24) is 9.47 Å². The first-order chi connectivity index (χ1) is 14.1. The largest absolute Gasteiger partial charge is 0.379 e. The first-order valence-electron chi connectivity index (χ1n) is 9.96. The molecule has 1 aromatic heterocycles. The van der Waals surface area contributed by atoms with E-state index in [1.54, 1.807) is 11.3 Å². The lowest BCUT2D eigenvalue weighted by atomic mass is 10.1. The lowest BCUT2D eigenvalue weighted by Crippen LogP contribution is -2.39. The summed E-state index contributed by atoms with van der Waals surface area (Å²) in [6, 6.07) is 14.5. The van der Waals surface area contributed by atoms with Crippen molar-refractivity contribution in [2.45, 2.75) is 20.4 Å². The summed E-state index contributed by atoms with van der Waals surface area (Å²) < 4.78 is 7.83. The Bertz CT molecular complexity index is 1040. The molecule has 7 heteroatoms. The number of thiazole rings is 1. The maximum absolute atomic E-state index is 6.10. The number of aromatic nitrogens is 1. The van der Waals surface area contributed by atoms with Gasteiger partial charge >= 0.3 is 0 Å². The van der Waals surface area contributed by atoms with Crippen LogP contribution in [0.1, 0.15) is 11.1 Å². The molecule has 0 N–H and O–H groups in total. The van der Waals surface area contributed by atoms with Crippen LogP contribution in [-0.2, 0) is 11.3 Å². The molecule has 0 spiro atoms. The Morgan fingerprint density at radius 2 is 1.77 bits per heavy atom. The number of halogens is 2. The van der Waals surface area contributed by atoms with Crippen molar-refractivity contribution in [3.8, 4) is 11.3 Å². The van der Waals surface area contributed by atoms with Crippen LogP contribution in [0.5, 0.6) is 0 Å². The summed E-state index contributed by atoms with van der Waals surface area (Å²) in [6.07, 6.45) is 0. The molecule has 4 nitrogen and oxygen atoms in total. The summed E-state index contributed by atoms with van der Waals surface area (Å²) >= 11 is 7.79. The van der Waals surface area contributed by atoms with Crippen LogP contribution in [0, 0.1) is 13.8 Å². The molecule has 0 saturated carbocycles. The Kier molecular flexibility index (Phi) is 8.31. The molecule has 0 aliphatic carbocycles. The van der Waals surface area contributed by atoms with Crippen molar-refractivity contribution in [3.05, 3.63) is 68.8 Å². The van der Waals surface area contributed by atoms with Crippen LogP contribution in [0.3, 0.4) is 0 Å². The topological polar surface area (TPSA) is 29.8 Å². The summed E-state index contributed by atoms with van der Waals surface area (Å²) in [5.41, 5.74) is 5.83. The van der Waals surface area contributed by atoms with Gasteiger partial charge in [-0.15, -0.1) is 28.3 Å². The van der Waals surface area contributed by atoms with Crippen molar-refractivity contribution >= 4 is 45.6 Å². The Morgan fingerprint density at radius 1 is 1.03 bits per heavy atom. The Morgan fingerprint density at radius 3 is 2.47 bits per heavy atom. The number of ether oxygens (including phenoxy) is 1. The second kappa shape index (κ2) is 10.7. The summed E-state index contributed by atoms with van der Waals surface area (Å²) in [5, 5.41) is 2.95. The average molecular weight is 509 g/mol. The van der Waals surface area contributed by atoms with E-state index in [1.165, 1.54) is 16.8 Å². The molecule has 1 aliphatic heterocycles. The predicted molar refractivity (Wildman–Crippen MR) is 131 cm³/mol. The maximum atomic E-state index is 6.10. The molecular formula is C23H27BrClN3OS. The minimum atomic E-state index is 0. The molecule has 2 heterocycles. The molecule has 2 aromatic carbocycles. The molecular weight excluding hydrogens is 482 g/mol. The molecule has 160 valence electrons. The van der Waals surface area contributed by atoms with Crippen LogP contribution in [0.15, 0.2) is 52.8 Å². The number of hydrogen-bond acceptors (Lipinski definition) is 4. The highest BCUT2D eigenvalue weighted by Gasteiger charge is 2.13. The van der Waals surface area contributed by atoms with Crippen LogP contribution in [-0.4, -0.2) is 42.3 Å². The van der Waals surface area contributed by atoms with E-state index in [-0.39, 0.29) is 17.0 Å². The van der Waals surface area contributed by atoms with Gasteiger partial charge in [0.1, 0.15) is 0 Å².